The number of hydrogen-bond acceptors (Lipinski definition) is 3. The van der Waals surface area contributed by atoms with Crippen molar-refractivity contribution in [3.63, 3.8) is 0 Å². The molecule has 1 saturated heterocycles. The highest BCUT2D eigenvalue weighted by Crippen LogP contribution is 2.53. The second kappa shape index (κ2) is 7.65. The molecule has 5 atom stereocenters. The van der Waals surface area contributed by atoms with Crippen LogP contribution in [0.5, 0.6) is 0 Å². The van der Waals surface area contributed by atoms with Gasteiger partial charge in [-0.2, -0.15) is 0 Å². The van der Waals surface area contributed by atoms with Crippen molar-refractivity contribution >= 4 is 35.0 Å². The first-order chi connectivity index (χ1) is 14.9. The van der Waals surface area contributed by atoms with Crippen LogP contribution in [0.25, 0.3) is 0 Å². The van der Waals surface area contributed by atoms with E-state index >= 15 is 0 Å². The van der Waals surface area contributed by atoms with Gasteiger partial charge in [-0.1, -0.05) is 60.2 Å². The van der Waals surface area contributed by atoms with Gasteiger partial charge in [0.15, 0.2) is 0 Å². The third-order valence-corrected chi connectivity index (χ3v) is 7.08. The number of benzene rings is 2. The van der Waals surface area contributed by atoms with Crippen LogP contribution in [0.3, 0.4) is 0 Å². The van der Waals surface area contributed by atoms with E-state index in [1.165, 1.54) is 4.90 Å². The molecule has 158 valence electrons. The first kappa shape index (κ1) is 20.0. The Kier molecular flexibility index (Phi) is 4.94. The summed E-state index contributed by atoms with van der Waals surface area (Å²) in [4.78, 5) is 41.4. The Morgan fingerprint density at radius 1 is 1.06 bits per heavy atom. The molecule has 0 radical (unpaired) electrons. The zero-order chi connectivity index (χ0) is 21.7. The zero-order valence-corrected chi connectivity index (χ0v) is 17.9. The third-order valence-electron chi connectivity index (χ3n) is 6.85. The fraction of sp³-hybridized carbons (Fsp3) is 0.320. The molecule has 0 unspecified atom stereocenters. The number of carbonyl (C=O) groups excluding carboxylic acids is 3. The van der Waals surface area contributed by atoms with E-state index < -0.39 is 6.04 Å². The van der Waals surface area contributed by atoms with Gasteiger partial charge in [-0.25, -0.2) is 0 Å². The Hall–Kier alpha value is -2.92. The molecule has 1 heterocycles. The largest absolute Gasteiger partial charge is 0.324 e. The zero-order valence-electron chi connectivity index (χ0n) is 17.1. The second-order valence-corrected chi connectivity index (χ2v) is 9.14. The van der Waals surface area contributed by atoms with E-state index in [1.54, 1.807) is 12.1 Å². The summed E-state index contributed by atoms with van der Waals surface area (Å²) in [6, 6.07) is 13.8. The number of hydrogen-bond donors (Lipinski definition) is 1. The Morgan fingerprint density at radius 3 is 2.35 bits per heavy atom. The van der Waals surface area contributed by atoms with Gasteiger partial charge in [0.25, 0.3) is 0 Å². The summed E-state index contributed by atoms with van der Waals surface area (Å²) in [7, 11) is 0. The fourth-order valence-electron chi connectivity index (χ4n) is 5.32. The Balaban J connectivity index is 1.47. The molecule has 5 nitrogen and oxygen atoms in total. The smallest absolute Gasteiger partial charge is 0.248 e. The van der Waals surface area contributed by atoms with Crippen LogP contribution in [0.4, 0.5) is 5.69 Å². The van der Waals surface area contributed by atoms with Gasteiger partial charge >= 0.3 is 0 Å². The molecule has 2 bridgehead atoms. The molecule has 2 aliphatic carbocycles. The van der Waals surface area contributed by atoms with Gasteiger partial charge in [0.1, 0.15) is 6.04 Å². The number of imide groups is 1. The topological polar surface area (TPSA) is 66.5 Å². The molecular weight excluding hydrogens is 412 g/mol. The van der Waals surface area contributed by atoms with Crippen LogP contribution in [0, 0.1) is 30.6 Å². The van der Waals surface area contributed by atoms with Crippen LogP contribution in [0.15, 0.2) is 60.7 Å². The molecule has 2 aromatic rings. The number of nitrogens with zero attached hydrogens (tertiary/aromatic N) is 1. The summed E-state index contributed by atoms with van der Waals surface area (Å²) in [6.45, 7) is 1.87. The van der Waals surface area contributed by atoms with Gasteiger partial charge in [0.2, 0.25) is 17.7 Å². The molecule has 5 rings (SSSR count). The molecule has 0 spiro atoms. The molecule has 1 N–H and O–H groups in total. The predicted molar refractivity (Wildman–Crippen MR) is 118 cm³/mol. The van der Waals surface area contributed by atoms with Crippen molar-refractivity contribution in [1.82, 2.24) is 4.90 Å². The number of halogens is 1. The molecule has 31 heavy (non-hydrogen) atoms. The quantitative estimate of drug-likeness (QED) is 0.571. The number of likely N-dealkylation sites (tertiary alicyclic amines) is 1. The average molecular weight is 435 g/mol. The number of carbonyl (C=O) groups is 3. The van der Waals surface area contributed by atoms with Crippen molar-refractivity contribution in [2.24, 2.45) is 23.7 Å². The van der Waals surface area contributed by atoms with Crippen molar-refractivity contribution in [2.75, 3.05) is 5.32 Å². The minimum absolute atomic E-state index is 0.104. The lowest BCUT2D eigenvalue weighted by Crippen LogP contribution is -2.49. The van der Waals surface area contributed by atoms with Crippen molar-refractivity contribution < 1.29 is 14.4 Å². The van der Waals surface area contributed by atoms with Gasteiger partial charge in [0.05, 0.1) is 11.8 Å². The van der Waals surface area contributed by atoms with Crippen LogP contribution in [0.1, 0.15) is 17.5 Å². The van der Waals surface area contributed by atoms with Gasteiger partial charge in [0, 0.05) is 17.1 Å². The van der Waals surface area contributed by atoms with Crippen molar-refractivity contribution in [3.8, 4) is 0 Å². The molecule has 3 amide bonds. The molecule has 3 aliphatic rings. The number of nitrogens with one attached hydrogen (secondary N) is 1. The number of fused-ring (bicyclic) bond motifs is 5. The predicted octanol–water partition coefficient (Wildman–Crippen LogP) is 4.01. The van der Waals surface area contributed by atoms with Crippen molar-refractivity contribution in [2.45, 2.75) is 25.8 Å². The SMILES string of the molecule is Cc1ccc(Cl)cc1NC(=O)[C@H](Cc1ccccc1)N1C(=O)[C@H]2[C@H](C1=O)[C@H]1C=C[C@H]2C1. The van der Waals surface area contributed by atoms with E-state index in [0.717, 1.165) is 17.5 Å². The molecular formula is C25H23ClN2O3. The average Bonchev–Trinajstić information content (AvgIpc) is 3.44. The van der Waals surface area contributed by atoms with Crippen LogP contribution < -0.4 is 5.32 Å². The van der Waals surface area contributed by atoms with E-state index in [0.29, 0.717) is 10.7 Å². The lowest BCUT2D eigenvalue weighted by molar-refractivity contribution is -0.147. The van der Waals surface area contributed by atoms with Crippen LogP contribution >= 0.6 is 11.6 Å². The van der Waals surface area contributed by atoms with Gasteiger partial charge in [-0.05, 0) is 48.4 Å². The summed E-state index contributed by atoms with van der Waals surface area (Å²) in [5.41, 5.74) is 2.33. The number of anilines is 1. The van der Waals surface area contributed by atoms with Crippen LogP contribution in [-0.4, -0.2) is 28.7 Å². The maximum atomic E-state index is 13.4. The molecule has 2 aromatic carbocycles. The van der Waals surface area contributed by atoms with E-state index in [-0.39, 0.29) is 47.8 Å². The normalized spacial score (nSPS) is 27.0. The van der Waals surface area contributed by atoms with E-state index in [2.05, 4.69) is 17.5 Å². The van der Waals surface area contributed by atoms with Crippen LogP contribution in [0.2, 0.25) is 5.02 Å². The number of aryl methyl sites for hydroxylation is 1. The first-order valence-corrected chi connectivity index (χ1v) is 11.0. The number of amides is 3. The number of allylic oxidation sites excluding steroid dienone is 2. The van der Waals surface area contributed by atoms with Gasteiger partial charge < -0.3 is 5.32 Å². The first-order valence-electron chi connectivity index (χ1n) is 10.6. The van der Waals surface area contributed by atoms with E-state index in [1.807, 2.05) is 43.3 Å². The molecule has 1 saturated carbocycles. The summed E-state index contributed by atoms with van der Waals surface area (Å²) >= 11 is 6.11. The van der Waals surface area contributed by atoms with Crippen LogP contribution in [-0.2, 0) is 20.8 Å². The van der Waals surface area contributed by atoms with E-state index in [4.69, 9.17) is 11.6 Å². The molecule has 6 heteroatoms. The maximum Gasteiger partial charge on any atom is 0.248 e. The monoisotopic (exact) mass is 434 g/mol. The fourth-order valence-corrected chi connectivity index (χ4v) is 5.49. The Bertz CT molecular complexity index is 1070. The summed E-state index contributed by atoms with van der Waals surface area (Å²) in [5.74, 6) is -1.27. The highest BCUT2D eigenvalue weighted by molar-refractivity contribution is 6.31. The molecule has 0 aromatic heterocycles. The minimum Gasteiger partial charge on any atom is -0.324 e. The summed E-state index contributed by atoms with van der Waals surface area (Å²) in [6.07, 6.45) is 5.24. The van der Waals surface area contributed by atoms with Crippen molar-refractivity contribution in [1.29, 1.82) is 0 Å². The lowest BCUT2D eigenvalue weighted by atomic mass is 9.85. The van der Waals surface area contributed by atoms with Gasteiger partial charge in [-0.3, -0.25) is 19.3 Å². The summed E-state index contributed by atoms with van der Waals surface area (Å²) < 4.78 is 0. The Labute approximate surface area is 186 Å². The van der Waals surface area contributed by atoms with Crippen molar-refractivity contribution in [3.05, 3.63) is 76.8 Å². The third kappa shape index (κ3) is 3.37. The standard InChI is InChI=1S/C25H23ClN2O3/c1-14-7-10-18(26)13-19(14)27-23(29)20(11-15-5-3-2-4-6-15)28-24(30)21-16-8-9-17(12-16)22(21)25(28)31/h2-10,13,16-17,20-22H,11-12H2,1H3,(H,27,29)/t16-,17-,20-,21+,22+/m0/s1. The Morgan fingerprint density at radius 2 is 1.71 bits per heavy atom. The van der Waals surface area contributed by atoms with Gasteiger partial charge in [-0.15, -0.1) is 0 Å². The highest BCUT2D eigenvalue weighted by atomic mass is 35.5. The number of rotatable bonds is 5. The minimum atomic E-state index is -0.911. The second-order valence-electron chi connectivity index (χ2n) is 8.70. The van der Waals surface area contributed by atoms with E-state index in [9.17, 15) is 14.4 Å². The molecule has 2 fully saturated rings. The maximum absolute atomic E-state index is 13.4. The summed E-state index contributed by atoms with van der Waals surface area (Å²) in [5, 5.41) is 3.41. The lowest BCUT2D eigenvalue weighted by Gasteiger charge is -2.27. The molecule has 1 aliphatic heterocycles. The highest BCUT2D eigenvalue weighted by Gasteiger charge is 2.61.